The lowest BCUT2D eigenvalue weighted by molar-refractivity contribution is -0.116. The van der Waals surface area contributed by atoms with Gasteiger partial charge in [0.25, 0.3) is 10.0 Å². The van der Waals surface area contributed by atoms with Gasteiger partial charge in [-0.3, -0.25) is 4.79 Å². The molecule has 0 bridgehead atoms. The molecule has 0 aliphatic carbocycles. The summed E-state index contributed by atoms with van der Waals surface area (Å²) in [5.41, 5.74) is 0.609. The number of carbonyl (C=O) groups is 1. The Hall–Kier alpha value is -0.740. The molecule has 0 spiro atoms. The van der Waals surface area contributed by atoms with Gasteiger partial charge in [-0.05, 0) is 52.3 Å². The molecule has 1 aromatic carbocycles. The van der Waals surface area contributed by atoms with E-state index in [1.807, 2.05) is 0 Å². The highest BCUT2D eigenvalue weighted by atomic mass is 79.9. The summed E-state index contributed by atoms with van der Waals surface area (Å²) in [6.07, 6.45) is 0. The van der Waals surface area contributed by atoms with Crippen LogP contribution in [0, 0.1) is 0 Å². The average molecular weight is 468 g/mol. The van der Waals surface area contributed by atoms with E-state index in [0.717, 1.165) is 23.9 Å². The number of thiophene rings is 1. The molecule has 0 radical (unpaired) electrons. The molecule has 0 unspecified atom stereocenters. The fraction of sp³-hybridized carbons (Fsp3) is 0.154. The maximum Gasteiger partial charge on any atom is 0.252 e. The molecule has 1 N–H and O–H groups in total. The second kappa shape index (κ2) is 7.22. The lowest BCUT2D eigenvalue weighted by Gasteiger charge is -2.15. The third kappa shape index (κ3) is 4.39. The van der Waals surface area contributed by atoms with Crippen LogP contribution in [0.1, 0.15) is 0 Å². The van der Waals surface area contributed by atoms with Crippen LogP contribution in [-0.4, -0.2) is 32.2 Å². The summed E-state index contributed by atoms with van der Waals surface area (Å²) in [6.45, 7) is -0.256. The fourth-order valence-electron chi connectivity index (χ4n) is 1.61. The highest BCUT2D eigenvalue weighted by Crippen LogP contribution is 2.27. The van der Waals surface area contributed by atoms with Crippen molar-refractivity contribution in [3.63, 3.8) is 0 Å². The molecule has 0 atom stereocenters. The van der Waals surface area contributed by atoms with Gasteiger partial charge in [0.1, 0.15) is 4.21 Å². The minimum Gasteiger partial charge on any atom is -0.325 e. The van der Waals surface area contributed by atoms with Crippen LogP contribution >= 0.6 is 43.2 Å². The maximum atomic E-state index is 12.3. The van der Waals surface area contributed by atoms with E-state index in [1.165, 1.54) is 13.1 Å². The van der Waals surface area contributed by atoms with Crippen LogP contribution < -0.4 is 5.32 Å². The summed E-state index contributed by atoms with van der Waals surface area (Å²) in [5, 5.41) is 2.66. The van der Waals surface area contributed by atoms with Crippen molar-refractivity contribution in [2.45, 2.75) is 4.21 Å². The van der Waals surface area contributed by atoms with E-state index in [4.69, 9.17) is 0 Å². The van der Waals surface area contributed by atoms with Crippen LogP contribution in [0.4, 0.5) is 5.69 Å². The summed E-state index contributed by atoms with van der Waals surface area (Å²) in [6, 6.07) is 10.2. The van der Waals surface area contributed by atoms with Gasteiger partial charge in [-0.25, -0.2) is 8.42 Å². The zero-order valence-electron chi connectivity index (χ0n) is 11.4. The van der Waals surface area contributed by atoms with E-state index >= 15 is 0 Å². The quantitative estimate of drug-likeness (QED) is 0.731. The van der Waals surface area contributed by atoms with Gasteiger partial charge in [0.05, 0.1) is 10.3 Å². The smallest absolute Gasteiger partial charge is 0.252 e. The molecule has 0 fully saturated rings. The first-order valence-electron chi connectivity index (χ1n) is 6.06. The summed E-state index contributed by atoms with van der Waals surface area (Å²) in [4.78, 5) is 12.0. The molecule has 1 amide bonds. The predicted molar refractivity (Wildman–Crippen MR) is 94.6 cm³/mol. The van der Waals surface area contributed by atoms with Gasteiger partial charge in [-0.2, -0.15) is 4.31 Å². The molecule has 2 rings (SSSR count). The molecule has 1 heterocycles. The van der Waals surface area contributed by atoms with E-state index < -0.39 is 15.9 Å². The van der Waals surface area contributed by atoms with Crippen LogP contribution in [0.25, 0.3) is 0 Å². The first-order chi connectivity index (χ1) is 10.3. The molecular formula is C13H12Br2N2O3S2. The monoisotopic (exact) mass is 466 g/mol. The van der Waals surface area contributed by atoms with Crippen LogP contribution in [0.2, 0.25) is 0 Å². The van der Waals surface area contributed by atoms with Crippen LogP contribution in [0.15, 0.2) is 48.9 Å². The molecule has 5 nitrogen and oxygen atoms in total. The summed E-state index contributed by atoms with van der Waals surface area (Å²) >= 11 is 7.64. The number of amides is 1. The Kier molecular flexibility index (Phi) is 5.78. The molecule has 0 aliphatic rings. The van der Waals surface area contributed by atoms with Crippen molar-refractivity contribution in [2.75, 3.05) is 18.9 Å². The topological polar surface area (TPSA) is 66.5 Å². The van der Waals surface area contributed by atoms with Crippen molar-refractivity contribution in [3.8, 4) is 0 Å². The van der Waals surface area contributed by atoms with Crippen molar-refractivity contribution in [1.82, 2.24) is 4.31 Å². The first-order valence-corrected chi connectivity index (χ1v) is 9.90. The lowest BCUT2D eigenvalue weighted by atomic mass is 10.3. The molecule has 22 heavy (non-hydrogen) atoms. The van der Waals surface area contributed by atoms with Gasteiger partial charge < -0.3 is 5.32 Å². The number of rotatable bonds is 5. The molecule has 0 saturated heterocycles. The number of nitrogens with one attached hydrogen (secondary N) is 1. The zero-order valence-corrected chi connectivity index (χ0v) is 16.2. The average Bonchev–Trinajstić information content (AvgIpc) is 2.88. The van der Waals surface area contributed by atoms with Crippen molar-refractivity contribution < 1.29 is 13.2 Å². The molecule has 0 saturated carbocycles. The molecule has 1 aromatic heterocycles. The van der Waals surface area contributed by atoms with Gasteiger partial charge in [0.2, 0.25) is 5.91 Å². The minimum absolute atomic E-state index is 0.193. The number of benzene rings is 1. The Labute approximate surface area is 149 Å². The second-order valence-corrected chi connectivity index (χ2v) is 10.0. The Morgan fingerprint density at radius 1 is 1.18 bits per heavy atom. The van der Waals surface area contributed by atoms with Crippen LogP contribution in [0.3, 0.4) is 0 Å². The molecule has 0 aliphatic heterocycles. The Balaban J connectivity index is 2.03. The predicted octanol–water partition coefficient (Wildman–Crippen LogP) is 3.53. The third-order valence-corrected chi connectivity index (χ3v) is 7.13. The molecule has 118 valence electrons. The SMILES string of the molecule is CN(CC(=O)Nc1ccc(Br)cc1)S(=O)(=O)c1ccc(Br)s1. The first kappa shape index (κ1) is 17.6. The zero-order chi connectivity index (χ0) is 16.3. The van der Waals surface area contributed by atoms with E-state index in [1.54, 1.807) is 30.3 Å². The molecular weight excluding hydrogens is 456 g/mol. The third-order valence-electron chi connectivity index (χ3n) is 2.71. The largest absolute Gasteiger partial charge is 0.325 e. The summed E-state index contributed by atoms with van der Waals surface area (Å²) < 4.78 is 27.5. The highest BCUT2D eigenvalue weighted by Gasteiger charge is 2.24. The van der Waals surface area contributed by atoms with E-state index in [0.29, 0.717) is 5.69 Å². The Bertz CT molecular complexity index is 773. The lowest BCUT2D eigenvalue weighted by Crippen LogP contribution is -2.34. The number of hydrogen-bond acceptors (Lipinski definition) is 4. The van der Waals surface area contributed by atoms with Crippen molar-refractivity contribution in [1.29, 1.82) is 0 Å². The van der Waals surface area contributed by atoms with E-state index in [2.05, 4.69) is 37.2 Å². The number of halogens is 2. The van der Waals surface area contributed by atoms with Crippen molar-refractivity contribution in [2.24, 2.45) is 0 Å². The van der Waals surface area contributed by atoms with Crippen molar-refractivity contribution in [3.05, 3.63) is 44.7 Å². The highest BCUT2D eigenvalue weighted by molar-refractivity contribution is 9.11. The van der Waals surface area contributed by atoms with Gasteiger partial charge in [-0.1, -0.05) is 15.9 Å². The second-order valence-electron chi connectivity index (χ2n) is 4.37. The minimum atomic E-state index is -3.66. The maximum absolute atomic E-state index is 12.3. The molecule has 9 heteroatoms. The number of nitrogens with zero attached hydrogens (tertiary/aromatic N) is 1. The van der Waals surface area contributed by atoms with Crippen molar-refractivity contribution >= 4 is 64.8 Å². The fourth-order valence-corrected chi connectivity index (χ4v) is 5.22. The van der Waals surface area contributed by atoms with Gasteiger partial charge in [0.15, 0.2) is 0 Å². The number of carbonyl (C=O) groups excluding carboxylic acids is 1. The van der Waals surface area contributed by atoms with Gasteiger partial charge in [-0.15, -0.1) is 11.3 Å². The van der Waals surface area contributed by atoms with Gasteiger partial charge >= 0.3 is 0 Å². The molecule has 2 aromatic rings. The summed E-state index contributed by atoms with van der Waals surface area (Å²) in [5.74, 6) is -0.399. The van der Waals surface area contributed by atoms with E-state index in [9.17, 15) is 13.2 Å². The number of likely N-dealkylation sites (N-methyl/N-ethyl adjacent to an activating group) is 1. The van der Waals surface area contributed by atoms with Gasteiger partial charge in [0, 0.05) is 17.2 Å². The normalized spacial score (nSPS) is 11.6. The number of hydrogen-bond donors (Lipinski definition) is 1. The summed E-state index contributed by atoms with van der Waals surface area (Å²) in [7, 11) is -2.28. The van der Waals surface area contributed by atoms with E-state index in [-0.39, 0.29) is 10.8 Å². The Morgan fingerprint density at radius 2 is 1.82 bits per heavy atom. The standard InChI is InChI=1S/C13H12Br2N2O3S2/c1-17(22(19,20)13-7-6-11(15)21-13)8-12(18)16-10-4-2-9(14)3-5-10/h2-7H,8H2,1H3,(H,16,18). The van der Waals surface area contributed by atoms with Crippen LogP contribution in [-0.2, 0) is 14.8 Å². The van der Waals surface area contributed by atoms with Crippen LogP contribution in [0.5, 0.6) is 0 Å². The number of anilines is 1. The number of sulfonamides is 1. The Morgan fingerprint density at radius 3 is 2.36 bits per heavy atom.